The first-order valence-electron chi connectivity index (χ1n) is 10.5. The molecule has 0 bridgehead atoms. The zero-order valence-electron chi connectivity index (χ0n) is 18.8. The molecule has 0 unspecified atom stereocenters. The second-order valence-electron chi connectivity index (χ2n) is 7.92. The topological polar surface area (TPSA) is 91.8 Å². The van der Waals surface area contributed by atoms with E-state index in [4.69, 9.17) is 4.74 Å². The largest absolute Gasteiger partial charge is 0.496 e. The molecule has 8 nitrogen and oxygen atoms in total. The summed E-state index contributed by atoms with van der Waals surface area (Å²) in [5.41, 5.74) is 2.70. The Bertz CT molecular complexity index is 1290. The van der Waals surface area contributed by atoms with Crippen molar-refractivity contribution in [2.24, 2.45) is 0 Å². The van der Waals surface area contributed by atoms with Crippen LogP contribution in [0.5, 0.6) is 5.75 Å². The fourth-order valence-corrected chi connectivity index (χ4v) is 5.33. The first-order valence-corrected chi connectivity index (χ1v) is 11.9. The highest BCUT2D eigenvalue weighted by molar-refractivity contribution is 7.92. The molecule has 0 aliphatic carbocycles. The van der Waals surface area contributed by atoms with Crippen molar-refractivity contribution in [2.75, 3.05) is 37.0 Å². The van der Waals surface area contributed by atoms with Gasteiger partial charge in [0.1, 0.15) is 11.6 Å². The van der Waals surface area contributed by atoms with E-state index in [0.717, 1.165) is 16.9 Å². The van der Waals surface area contributed by atoms with Gasteiger partial charge in [0, 0.05) is 33.4 Å². The van der Waals surface area contributed by atoms with Gasteiger partial charge in [-0.15, -0.1) is 0 Å². The Morgan fingerprint density at radius 3 is 2.70 bits per heavy atom. The molecule has 9 heteroatoms. The van der Waals surface area contributed by atoms with Crippen LogP contribution in [0.15, 0.2) is 65.7 Å². The van der Waals surface area contributed by atoms with Gasteiger partial charge in [-0.05, 0) is 53.9 Å². The van der Waals surface area contributed by atoms with E-state index in [0.29, 0.717) is 24.4 Å². The third kappa shape index (κ3) is 4.49. The van der Waals surface area contributed by atoms with Crippen molar-refractivity contribution in [1.82, 2.24) is 10.3 Å². The van der Waals surface area contributed by atoms with Crippen LogP contribution >= 0.6 is 0 Å². The van der Waals surface area contributed by atoms with Crippen molar-refractivity contribution >= 4 is 27.4 Å². The Balaban J connectivity index is 1.59. The number of carbonyl (C=O) groups excluding carboxylic acids is 1. The summed E-state index contributed by atoms with van der Waals surface area (Å²) in [6.45, 7) is 0.632. The zero-order chi connectivity index (χ0) is 23.6. The molecule has 0 spiro atoms. The molecule has 2 heterocycles. The van der Waals surface area contributed by atoms with Crippen LogP contribution in [0.3, 0.4) is 0 Å². The number of pyridine rings is 1. The summed E-state index contributed by atoms with van der Waals surface area (Å²) < 4.78 is 33.5. The van der Waals surface area contributed by atoms with Crippen molar-refractivity contribution in [3.8, 4) is 5.75 Å². The number of carbonyl (C=O) groups is 1. The van der Waals surface area contributed by atoms with Gasteiger partial charge < -0.3 is 15.0 Å². The number of anilines is 2. The average Bonchev–Trinajstić information content (AvgIpc) is 3.27. The normalized spacial score (nSPS) is 12.9. The van der Waals surface area contributed by atoms with E-state index in [-0.39, 0.29) is 17.0 Å². The maximum absolute atomic E-state index is 13.4. The SMILES string of the molecule is COc1ccc(S(=O)(=O)N2CCc3ccccc32)cc1C(=O)NCc1ccnc(N(C)C)c1. The zero-order valence-corrected chi connectivity index (χ0v) is 19.6. The van der Waals surface area contributed by atoms with Gasteiger partial charge in [0.15, 0.2) is 0 Å². The Morgan fingerprint density at radius 2 is 1.94 bits per heavy atom. The highest BCUT2D eigenvalue weighted by Crippen LogP contribution is 2.34. The first kappa shape index (κ1) is 22.6. The van der Waals surface area contributed by atoms with Gasteiger partial charge in [-0.1, -0.05) is 18.2 Å². The summed E-state index contributed by atoms with van der Waals surface area (Å²) >= 11 is 0. The number of amides is 1. The smallest absolute Gasteiger partial charge is 0.264 e. The van der Waals surface area contributed by atoms with Crippen molar-refractivity contribution in [3.05, 3.63) is 77.5 Å². The molecular formula is C24H26N4O4S. The van der Waals surface area contributed by atoms with E-state index < -0.39 is 15.9 Å². The summed E-state index contributed by atoms with van der Waals surface area (Å²) in [5, 5.41) is 2.85. The number of ether oxygens (including phenoxy) is 1. The van der Waals surface area contributed by atoms with Crippen LogP contribution in [0.4, 0.5) is 11.5 Å². The molecule has 1 N–H and O–H groups in total. The van der Waals surface area contributed by atoms with Crippen LogP contribution in [0, 0.1) is 0 Å². The van der Waals surface area contributed by atoms with Gasteiger partial charge in [-0.2, -0.15) is 0 Å². The van der Waals surface area contributed by atoms with Crippen molar-refractivity contribution in [1.29, 1.82) is 0 Å². The van der Waals surface area contributed by atoms with Crippen molar-refractivity contribution in [2.45, 2.75) is 17.9 Å². The summed E-state index contributed by atoms with van der Waals surface area (Å²) in [7, 11) is 1.39. The van der Waals surface area contributed by atoms with Crippen LogP contribution in [-0.2, 0) is 23.0 Å². The van der Waals surface area contributed by atoms with Crippen LogP contribution in [0.25, 0.3) is 0 Å². The second kappa shape index (κ2) is 9.11. The molecule has 0 saturated carbocycles. The molecule has 0 saturated heterocycles. The van der Waals surface area contributed by atoms with Crippen molar-refractivity contribution < 1.29 is 17.9 Å². The standard InChI is InChI=1S/C24H26N4O4S/c1-27(2)23-14-17(10-12-25-23)16-26-24(29)20-15-19(8-9-22(20)32-3)33(30,31)28-13-11-18-6-4-5-7-21(18)28/h4-10,12,14-15H,11,13,16H2,1-3H3,(H,26,29). The number of para-hydroxylation sites is 1. The minimum absolute atomic E-state index is 0.0453. The van der Waals surface area contributed by atoms with Gasteiger partial charge in [0.25, 0.3) is 15.9 Å². The number of nitrogens with one attached hydrogen (secondary N) is 1. The number of sulfonamides is 1. The molecule has 1 aliphatic rings. The number of fused-ring (bicyclic) bond motifs is 1. The lowest BCUT2D eigenvalue weighted by molar-refractivity contribution is 0.0947. The van der Waals surface area contributed by atoms with E-state index in [1.165, 1.54) is 29.6 Å². The number of methoxy groups -OCH3 is 1. The highest BCUT2D eigenvalue weighted by Gasteiger charge is 2.31. The maximum atomic E-state index is 13.4. The second-order valence-corrected chi connectivity index (χ2v) is 9.78. The number of hydrogen-bond donors (Lipinski definition) is 1. The Kier molecular flexibility index (Phi) is 6.24. The van der Waals surface area contributed by atoms with Gasteiger partial charge >= 0.3 is 0 Å². The lowest BCUT2D eigenvalue weighted by atomic mass is 10.1. The highest BCUT2D eigenvalue weighted by atomic mass is 32.2. The van der Waals surface area contributed by atoms with E-state index in [1.54, 1.807) is 12.3 Å². The quantitative estimate of drug-likeness (QED) is 0.576. The van der Waals surface area contributed by atoms with Crippen molar-refractivity contribution in [3.63, 3.8) is 0 Å². The molecule has 1 aliphatic heterocycles. The Labute approximate surface area is 193 Å². The summed E-state index contributed by atoms with van der Waals surface area (Å²) in [6.07, 6.45) is 2.33. The molecule has 0 radical (unpaired) electrons. The minimum atomic E-state index is -3.83. The molecule has 3 aromatic rings. The number of benzene rings is 2. The lowest BCUT2D eigenvalue weighted by Crippen LogP contribution is -2.30. The first-order chi connectivity index (χ1) is 15.8. The van der Waals surface area contributed by atoms with Gasteiger partial charge in [-0.3, -0.25) is 9.10 Å². The minimum Gasteiger partial charge on any atom is -0.496 e. The fraction of sp³-hybridized carbons (Fsp3) is 0.250. The molecule has 0 fully saturated rings. The number of rotatable bonds is 7. The van der Waals surface area contributed by atoms with Gasteiger partial charge in [-0.25, -0.2) is 13.4 Å². The van der Waals surface area contributed by atoms with E-state index in [9.17, 15) is 13.2 Å². The molecule has 1 amide bonds. The van der Waals surface area contributed by atoms with Crippen LogP contribution in [-0.4, -0.2) is 47.1 Å². The third-order valence-corrected chi connectivity index (χ3v) is 7.38. The third-order valence-electron chi connectivity index (χ3n) is 5.57. The lowest BCUT2D eigenvalue weighted by Gasteiger charge is -2.20. The molecule has 2 aromatic carbocycles. The molecule has 33 heavy (non-hydrogen) atoms. The molecule has 172 valence electrons. The molecule has 1 aromatic heterocycles. The number of aromatic nitrogens is 1. The maximum Gasteiger partial charge on any atom is 0.264 e. The van der Waals surface area contributed by atoms with Crippen LogP contribution in [0.1, 0.15) is 21.5 Å². The Morgan fingerprint density at radius 1 is 1.15 bits per heavy atom. The molecule has 4 rings (SSSR count). The monoisotopic (exact) mass is 466 g/mol. The van der Waals surface area contributed by atoms with E-state index >= 15 is 0 Å². The van der Waals surface area contributed by atoms with Gasteiger partial charge in [0.05, 0.1) is 23.3 Å². The average molecular weight is 467 g/mol. The summed E-state index contributed by atoms with van der Waals surface area (Å²) in [6, 6.07) is 15.5. The summed E-state index contributed by atoms with van der Waals surface area (Å²) in [5.74, 6) is 0.657. The molecular weight excluding hydrogens is 440 g/mol. The number of hydrogen-bond acceptors (Lipinski definition) is 6. The van der Waals surface area contributed by atoms with Crippen LogP contribution < -0.4 is 19.3 Å². The van der Waals surface area contributed by atoms with E-state index in [1.807, 2.05) is 49.3 Å². The summed E-state index contributed by atoms with van der Waals surface area (Å²) in [4.78, 5) is 19.2. The fourth-order valence-electron chi connectivity index (χ4n) is 3.80. The predicted octanol–water partition coefficient (Wildman–Crippen LogP) is 2.84. The predicted molar refractivity (Wildman–Crippen MR) is 127 cm³/mol. The Hall–Kier alpha value is -3.59. The van der Waals surface area contributed by atoms with Gasteiger partial charge in [0.2, 0.25) is 0 Å². The van der Waals surface area contributed by atoms with E-state index in [2.05, 4.69) is 10.3 Å². The number of nitrogens with zero attached hydrogens (tertiary/aromatic N) is 3. The molecule has 0 atom stereocenters. The van der Waals surface area contributed by atoms with Crippen LogP contribution in [0.2, 0.25) is 0 Å².